The molecule has 0 bridgehead atoms. The van der Waals surface area contributed by atoms with Gasteiger partial charge in [-0.1, -0.05) is 0 Å². The van der Waals surface area contributed by atoms with Crippen LogP contribution in [0.1, 0.15) is 5.56 Å². The second-order valence-electron chi connectivity index (χ2n) is 5.22. The van der Waals surface area contributed by atoms with E-state index in [1.54, 1.807) is 18.2 Å². The molecule has 0 aliphatic carbocycles. The summed E-state index contributed by atoms with van der Waals surface area (Å²) in [6, 6.07) is 9.09. The third kappa shape index (κ3) is 4.34. The zero-order valence-electron chi connectivity index (χ0n) is 12.9. The van der Waals surface area contributed by atoms with Crippen LogP contribution in [0.15, 0.2) is 42.5 Å². The van der Waals surface area contributed by atoms with Gasteiger partial charge in [-0.25, -0.2) is 0 Å². The molecule has 1 amide bonds. The minimum Gasteiger partial charge on any atom is -0.486 e. The molecule has 1 aliphatic heterocycles. The molecule has 2 aromatic rings. The molecular weight excluding hydrogens is 339 g/mol. The maximum atomic E-state index is 12.5. The Balaban J connectivity index is 1.54. The van der Waals surface area contributed by atoms with E-state index in [9.17, 15) is 18.0 Å². The van der Waals surface area contributed by atoms with Gasteiger partial charge in [0.2, 0.25) is 0 Å². The average Bonchev–Trinajstić information content (AvgIpc) is 2.59. The molecule has 0 unspecified atom stereocenters. The van der Waals surface area contributed by atoms with E-state index in [0.717, 1.165) is 12.1 Å². The van der Waals surface area contributed by atoms with Gasteiger partial charge in [-0.15, -0.1) is 0 Å². The first kappa shape index (κ1) is 16.9. The second kappa shape index (κ2) is 6.92. The molecule has 8 heteroatoms. The van der Waals surface area contributed by atoms with Crippen molar-refractivity contribution in [2.24, 2.45) is 0 Å². The maximum absolute atomic E-state index is 12.5. The number of carbonyl (C=O) groups excluding carboxylic acids is 1. The van der Waals surface area contributed by atoms with Crippen molar-refractivity contribution >= 4 is 11.6 Å². The zero-order valence-corrected chi connectivity index (χ0v) is 12.9. The summed E-state index contributed by atoms with van der Waals surface area (Å²) < 4.78 is 53.4. The van der Waals surface area contributed by atoms with Gasteiger partial charge in [-0.05, 0) is 36.4 Å². The smallest absolute Gasteiger partial charge is 0.416 e. The fourth-order valence-electron chi connectivity index (χ4n) is 2.21. The molecule has 0 aromatic heterocycles. The highest BCUT2D eigenvalue weighted by Gasteiger charge is 2.30. The molecule has 5 nitrogen and oxygen atoms in total. The number of hydrogen-bond acceptors (Lipinski definition) is 4. The quantitative estimate of drug-likeness (QED) is 0.914. The predicted molar refractivity (Wildman–Crippen MR) is 83.0 cm³/mol. The molecule has 0 saturated carbocycles. The Morgan fingerprint density at radius 3 is 2.40 bits per heavy atom. The lowest BCUT2D eigenvalue weighted by Gasteiger charge is -2.19. The number of benzene rings is 2. The first-order valence-corrected chi connectivity index (χ1v) is 7.41. The second-order valence-corrected chi connectivity index (χ2v) is 5.22. The van der Waals surface area contributed by atoms with Gasteiger partial charge >= 0.3 is 6.18 Å². The maximum Gasteiger partial charge on any atom is 0.416 e. The monoisotopic (exact) mass is 353 g/mol. The number of alkyl halides is 3. The Kier molecular flexibility index (Phi) is 4.69. The van der Waals surface area contributed by atoms with Gasteiger partial charge in [0.15, 0.2) is 18.1 Å². The summed E-state index contributed by atoms with van der Waals surface area (Å²) in [6.45, 7) is 0.570. The van der Waals surface area contributed by atoms with Crippen LogP contribution in [-0.2, 0) is 11.0 Å². The van der Waals surface area contributed by atoms with Crippen LogP contribution in [0, 0.1) is 0 Å². The lowest BCUT2D eigenvalue weighted by molar-refractivity contribution is -0.137. The standard InChI is InChI=1S/C17H14F3NO4/c18-17(19,20)11-1-4-13(5-2-11)25-10-16(22)21-12-3-6-14-15(9-12)24-8-7-23-14/h1-6,9H,7-8,10H2,(H,21,22). The highest BCUT2D eigenvalue weighted by atomic mass is 19.4. The molecule has 1 N–H and O–H groups in total. The third-order valence-corrected chi connectivity index (χ3v) is 3.38. The predicted octanol–water partition coefficient (Wildman–Crippen LogP) is 3.49. The van der Waals surface area contributed by atoms with E-state index in [0.29, 0.717) is 30.4 Å². The first-order valence-electron chi connectivity index (χ1n) is 7.41. The number of halogens is 3. The summed E-state index contributed by atoms with van der Waals surface area (Å²) >= 11 is 0. The van der Waals surface area contributed by atoms with E-state index < -0.39 is 17.6 Å². The van der Waals surface area contributed by atoms with Crippen molar-refractivity contribution in [2.75, 3.05) is 25.1 Å². The largest absolute Gasteiger partial charge is 0.486 e. The van der Waals surface area contributed by atoms with Crippen molar-refractivity contribution < 1.29 is 32.2 Å². The lowest BCUT2D eigenvalue weighted by Crippen LogP contribution is -2.21. The van der Waals surface area contributed by atoms with Crippen molar-refractivity contribution in [2.45, 2.75) is 6.18 Å². The summed E-state index contributed by atoms with van der Waals surface area (Å²) in [6.07, 6.45) is -4.41. The van der Waals surface area contributed by atoms with Crippen LogP contribution >= 0.6 is 0 Å². The summed E-state index contributed by atoms with van der Waals surface area (Å²) in [5, 5.41) is 2.62. The molecule has 25 heavy (non-hydrogen) atoms. The summed E-state index contributed by atoms with van der Waals surface area (Å²) in [5.41, 5.74) is -0.272. The summed E-state index contributed by atoms with van der Waals surface area (Å²) in [5.74, 6) is 0.861. The molecule has 0 saturated heterocycles. The Bertz CT molecular complexity index is 759. The number of fused-ring (bicyclic) bond motifs is 1. The Morgan fingerprint density at radius 2 is 1.72 bits per heavy atom. The Labute approximate surface area is 141 Å². The average molecular weight is 353 g/mol. The van der Waals surface area contributed by atoms with E-state index in [1.807, 2.05) is 0 Å². The Morgan fingerprint density at radius 1 is 1.04 bits per heavy atom. The lowest BCUT2D eigenvalue weighted by atomic mass is 10.2. The molecular formula is C17H14F3NO4. The van der Waals surface area contributed by atoms with Crippen LogP contribution in [-0.4, -0.2) is 25.7 Å². The minimum absolute atomic E-state index is 0.172. The number of rotatable bonds is 4. The minimum atomic E-state index is -4.41. The molecule has 0 radical (unpaired) electrons. The van der Waals surface area contributed by atoms with E-state index in [4.69, 9.17) is 14.2 Å². The normalized spacial score (nSPS) is 13.2. The van der Waals surface area contributed by atoms with Gasteiger partial charge < -0.3 is 19.5 Å². The number of amides is 1. The van der Waals surface area contributed by atoms with E-state index >= 15 is 0 Å². The fraction of sp³-hybridized carbons (Fsp3) is 0.235. The van der Waals surface area contributed by atoms with Crippen LogP contribution in [0.2, 0.25) is 0 Å². The molecule has 3 rings (SSSR count). The van der Waals surface area contributed by atoms with Crippen LogP contribution in [0.25, 0.3) is 0 Å². The molecule has 0 atom stereocenters. The molecule has 2 aromatic carbocycles. The third-order valence-electron chi connectivity index (χ3n) is 3.38. The van der Waals surface area contributed by atoms with Gasteiger partial charge in [0.05, 0.1) is 5.56 Å². The summed E-state index contributed by atoms with van der Waals surface area (Å²) in [7, 11) is 0. The first-order chi connectivity index (χ1) is 11.9. The molecule has 0 fully saturated rings. The van der Waals surface area contributed by atoms with Crippen molar-refractivity contribution in [3.63, 3.8) is 0 Å². The van der Waals surface area contributed by atoms with Crippen molar-refractivity contribution in [3.8, 4) is 17.2 Å². The number of anilines is 1. The molecule has 1 aliphatic rings. The van der Waals surface area contributed by atoms with Crippen molar-refractivity contribution in [3.05, 3.63) is 48.0 Å². The topological polar surface area (TPSA) is 56.8 Å². The fourth-order valence-corrected chi connectivity index (χ4v) is 2.21. The van der Waals surface area contributed by atoms with Crippen LogP contribution < -0.4 is 19.5 Å². The van der Waals surface area contributed by atoms with Gasteiger partial charge in [-0.3, -0.25) is 4.79 Å². The molecule has 0 spiro atoms. The van der Waals surface area contributed by atoms with E-state index in [-0.39, 0.29) is 12.4 Å². The van der Waals surface area contributed by atoms with Crippen molar-refractivity contribution in [1.29, 1.82) is 0 Å². The Hall–Kier alpha value is -2.90. The highest BCUT2D eigenvalue weighted by molar-refractivity contribution is 5.92. The van der Waals surface area contributed by atoms with Crippen LogP contribution in [0.5, 0.6) is 17.2 Å². The van der Waals surface area contributed by atoms with Crippen molar-refractivity contribution in [1.82, 2.24) is 0 Å². The number of ether oxygens (including phenoxy) is 3. The van der Waals surface area contributed by atoms with Crippen LogP contribution in [0.4, 0.5) is 18.9 Å². The SMILES string of the molecule is O=C(COc1ccc(C(F)(F)F)cc1)Nc1ccc2c(c1)OCCO2. The van der Waals surface area contributed by atoms with Gasteiger partial charge in [-0.2, -0.15) is 13.2 Å². The molecule has 132 valence electrons. The van der Waals surface area contributed by atoms with Gasteiger partial charge in [0, 0.05) is 11.8 Å². The highest BCUT2D eigenvalue weighted by Crippen LogP contribution is 2.32. The van der Waals surface area contributed by atoms with Gasteiger partial charge in [0.1, 0.15) is 19.0 Å². The number of nitrogens with one attached hydrogen (secondary N) is 1. The number of carbonyl (C=O) groups is 1. The zero-order chi connectivity index (χ0) is 17.9. The summed E-state index contributed by atoms with van der Waals surface area (Å²) in [4.78, 5) is 11.9. The van der Waals surface area contributed by atoms with E-state index in [1.165, 1.54) is 12.1 Å². The van der Waals surface area contributed by atoms with E-state index in [2.05, 4.69) is 5.32 Å². The molecule has 1 heterocycles. The van der Waals surface area contributed by atoms with Crippen LogP contribution in [0.3, 0.4) is 0 Å². The van der Waals surface area contributed by atoms with Gasteiger partial charge in [0.25, 0.3) is 5.91 Å². The number of hydrogen-bond donors (Lipinski definition) is 1.